The number of fused-ring (bicyclic) bond motifs is 1. The lowest BCUT2D eigenvalue weighted by molar-refractivity contribution is -0.138. The maximum Gasteiger partial charge on any atom is 0.423 e. The third-order valence-electron chi connectivity index (χ3n) is 4.50. The molecule has 0 spiro atoms. The molecule has 0 saturated heterocycles. The number of pyridine rings is 1. The summed E-state index contributed by atoms with van der Waals surface area (Å²) in [6, 6.07) is 10.9. The molecule has 0 bridgehead atoms. The second-order valence-corrected chi connectivity index (χ2v) is 6.32. The van der Waals surface area contributed by atoms with Gasteiger partial charge in [-0.3, -0.25) is 9.78 Å². The van der Waals surface area contributed by atoms with Gasteiger partial charge >= 0.3 is 6.18 Å². The van der Waals surface area contributed by atoms with Gasteiger partial charge in [0.25, 0.3) is 5.56 Å². The van der Waals surface area contributed by atoms with E-state index in [1.54, 1.807) is 24.4 Å². The second-order valence-electron chi connectivity index (χ2n) is 6.32. The number of alkyl halides is 3. The first kappa shape index (κ1) is 18.0. The summed E-state index contributed by atoms with van der Waals surface area (Å²) in [6.45, 7) is 0.657. The number of aromatic nitrogens is 3. The smallest absolute Gasteiger partial charge is 0.423 e. The van der Waals surface area contributed by atoms with Gasteiger partial charge in [-0.1, -0.05) is 18.2 Å². The maximum absolute atomic E-state index is 13.4. The number of hydrogen-bond acceptors (Lipinski definition) is 5. The molecule has 6 nitrogen and oxygen atoms in total. The minimum atomic E-state index is -4.78. The zero-order chi connectivity index (χ0) is 19.7. The second kappa shape index (κ2) is 6.99. The molecule has 1 aliphatic rings. The summed E-state index contributed by atoms with van der Waals surface area (Å²) >= 11 is 0. The highest BCUT2D eigenvalue weighted by atomic mass is 19.4. The van der Waals surface area contributed by atoms with Crippen LogP contribution in [-0.2, 0) is 25.9 Å². The van der Waals surface area contributed by atoms with E-state index < -0.39 is 17.3 Å². The van der Waals surface area contributed by atoms with Gasteiger partial charge in [0, 0.05) is 24.8 Å². The average Bonchev–Trinajstić information content (AvgIpc) is 3.11. The standard InChI is InChI=1S/C19H15F3N4O2/c20-19(21,22)17-15(8-24-25-18(17)27)26-9-12-4-3-6-16(14(12)10-26)28-11-13-5-1-2-7-23-13/h1-8H,9-11H2,(H,25,27). The summed E-state index contributed by atoms with van der Waals surface area (Å²) in [7, 11) is 0. The summed E-state index contributed by atoms with van der Waals surface area (Å²) in [4.78, 5) is 17.4. The van der Waals surface area contributed by atoms with Crippen molar-refractivity contribution in [2.24, 2.45) is 0 Å². The number of benzene rings is 1. The summed E-state index contributed by atoms with van der Waals surface area (Å²) in [6.07, 6.45) is -2.09. The van der Waals surface area contributed by atoms with Crippen LogP contribution in [0.5, 0.6) is 5.75 Å². The SMILES string of the molecule is O=c1[nH]ncc(N2Cc3cccc(OCc4ccccn4)c3C2)c1C(F)(F)F. The highest BCUT2D eigenvalue weighted by Gasteiger charge is 2.39. The normalized spacial score (nSPS) is 13.5. The van der Waals surface area contributed by atoms with Crippen LogP contribution in [0.1, 0.15) is 22.4 Å². The van der Waals surface area contributed by atoms with Crippen molar-refractivity contribution in [3.63, 3.8) is 0 Å². The predicted molar refractivity (Wildman–Crippen MR) is 94.8 cm³/mol. The summed E-state index contributed by atoms with van der Waals surface area (Å²) < 4.78 is 46.0. The van der Waals surface area contributed by atoms with Gasteiger partial charge in [0.05, 0.1) is 17.6 Å². The van der Waals surface area contributed by atoms with E-state index in [1.165, 1.54) is 4.90 Å². The summed E-state index contributed by atoms with van der Waals surface area (Å²) in [5, 5.41) is 5.40. The Morgan fingerprint density at radius 2 is 2.00 bits per heavy atom. The van der Waals surface area contributed by atoms with E-state index in [1.807, 2.05) is 23.3 Å². The number of halogens is 3. The van der Waals surface area contributed by atoms with Gasteiger partial charge in [-0.05, 0) is 23.8 Å². The Morgan fingerprint density at radius 1 is 1.14 bits per heavy atom. The van der Waals surface area contributed by atoms with Crippen molar-refractivity contribution in [2.75, 3.05) is 4.90 Å². The highest BCUT2D eigenvalue weighted by molar-refractivity contribution is 5.58. The van der Waals surface area contributed by atoms with Gasteiger partial charge in [-0.2, -0.15) is 18.3 Å². The van der Waals surface area contributed by atoms with Crippen LogP contribution in [0.15, 0.2) is 53.6 Å². The van der Waals surface area contributed by atoms with Crippen LogP contribution in [0.4, 0.5) is 18.9 Å². The molecular weight excluding hydrogens is 373 g/mol. The molecule has 4 rings (SSSR count). The minimum absolute atomic E-state index is 0.182. The van der Waals surface area contributed by atoms with Gasteiger partial charge < -0.3 is 9.64 Å². The molecule has 0 atom stereocenters. The van der Waals surface area contributed by atoms with Crippen molar-refractivity contribution in [3.8, 4) is 5.75 Å². The van der Waals surface area contributed by atoms with Crippen molar-refractivity contribution in [2.45, 2.75) is 25.9 Å². The molecule has 3 heterocycles. The lowest BCUT2D eigenvalue weighted by Gasteiger charge is -2.21. The molecule has 3 aromatic rings. The van der Waals surface area contributed by atoms with Gasteiger partial charge in [-0.25, -0.2) is 5.10 Å². The Morgan fingerprint density at radius 3 is 2.75 bits per heavy atom. The fraction of sp³-hybridized carbons (Fsp3) is 0.211. The van der Waals surface area contributed by atoms with E-state index in [-0.39, 0.29) is 25.4 Å². The lowest BCUT2D eigenvalue weighted by atomic mass is 10.1. The molecule has 0 unspecified atom stereocenters. The molecule has 28 heavy (non-hydrogen) atoms. The maximum atomic E-state index is 13.4. The predicted octanol–water partition coefficient (Wildman–Crippen LogP) is 3.28. The third-order valence-corrected chi connectivity index (χ3v) is 4.50. The molecule has 1 N–H and O–H groups in total. The first-order valence-electron chi connectivity index (χ1n) is 8.47. The Bertz CT molecular complexity index is 1050. The van der Waals surface area contributed by atoms with Gasteiger partial charge in [-0.15, -0.1) is 0 Å². The first-order valence-corrected chi connectivity index (χ1v) is 8.47. The molecule has 2 aromatic heterocycles. The van der Waals surface area contributed by atoms with Crippen LogP contribution in [0, 0.1) is 0 Å². The number of ether oxygens (including phenoxy) is 1. The zero-order valence-electron chi connectivity index (χ0n) is 14.5. The fourth-order valence-corrected chi connectivity index (χ4v) is 3.23. The van der Waals surface area contributed by atoms with Crippen LogP contribution < -0.4 is 15.2 Å². The Kier molecular flexibility index (Phi) is 4.50. The van der Waals surface area contributed by atoms with E-state index in [4.69, 9.17) is 4.74 Å². The summed E-state index contributed by atoms with van der Waals surface area (Å²) in [5.41, 5.74) is -0.381. The van der Waals surface area contributed by atoms with E-state index >= 15 is 0 Å². The Hall–Kier alpha value is -3.36. The number of rotatable bonds is 4. The highest BCUT2D eigenvalue weighted by Crippen LogP contribution is 2.39. The van der Waals surface area contributed by atoms with E-state index in [0.717, 1.165) is 23.0 Å². The van der Waals surface area contributed by atoms with Crippen LogP contribution in [0.3, 0.4) is 0 Å². The number of nitrogens with zero attached hydrogens (tertiary/aromatic N) is 3. The molecular formula is C19H15F3N4O2. The fourth-order valence-electron chi connectivity index (χ4n) is 3.23. The molecule has 144 valence electrons. The largest absolute Gasteiger partial charge is 0.487 e. The first-order chi connectivity index (χ1) is 13.4. The van der Waals surface area contributed by atoms with E-state index in [0.29, 0.717) is 5.75 Å². The van der Waals surface area contributed by atoms with Crippen LogP contribution >= 0.6 is 0 Å². The zero-order valence-corrected chi connectivity index (χ0v) is 14.5. The number of aromatic amines is 1. The molecule has 0 aliphatic carbocycles. The molecule has 0 saturated carbocycles. The molecule has 0 fully saturated rings. The number of anilines is 1. The number of hydrogen-bond donors (Lipinski definition) is 1. The molecule has 9 heteroatoms. The van der Waals surface area contributed by atoms with Crippen molar-refractivity contribution < 1.29 is 17.9 Å². The topological polar surface area (TPSA) is 71.1 Å². The molecule has 1 aliphatic heterocycles. The minimum Gasteiger partial charge on any atom is -0.487 e. The van der Waals surface area contributed by atoms with Gasteiger partial charge in [0.1, 0.15) is 17.9 Å². The van der Waals surface area contributed by atoms with Crippen molar-refractivity contribution in [1.29, 1.82) is 0 Å². The van der Waals surface area contributed by atoms with Gasteiger partial charge in [0.15, 0.2) is 0 Å². The van der Waals surface area contributed by atoms with Crippen LogP contribution in [0.25, 0.3) is 0 Å². The molecule has 1 aromatic carbocycles. The monoisotopic (exact) mass is 388 g/mol. The van der Waals surface area contributed by atoms with Crippen molar-refractivity contribution in [1.82, 2.24) is 15.2 Å². The van der Waals surface area contributed by atoms with Crippen molar-refractivity contribution in [3.05, 3.63) is 81.5 Å². The van der Waals surface area contributed by atoms with Crippen LogP contribution in [-0.4, -0.2) is 15.2 Å². The number of nitrogens with one attached hydrogen (secondary N) is 1. The quantitative estimate of drug-likeness (QED) is 0.743. The average molecular weight is 388 g/mol. The molecule has 0 radical (unpaired) electrons. The Labute approximate surface area is 157 Å². The number of H-pyrrole nitrogens is 1. The summed E-state index contributed by atoms with van der Waals surface area (Å²) in [5.74, 6) is 0.581. The van der Waals surface area contributed by atoms with E-state index in [2.05, 4.69) is 10.1 Å². The Balaban J connectivity index is 1.62. The van der Waals surface area contributed by atoms with Gasteiger partial charge in [0.2, 0.25) is 0 Å². The van der Waals surface area contributed by atoms with Crippen molar-refractivity contribution >= 4 is 5.69 Å². The van der Waals surface area contributed by atoms with Crippen LogP contribution in [0.2, 0.25) is 0 Å². The lowest BCUT2D eigenvalue weighted by Crippen LogP contribution is -2.28. The third kappa shape index (κ3) is 3.42. The van der Waals surface area contributed by atoms with E-state index in [9.17, 15) is 18.0 Å². The molecule has 0 amide bonds.